The summed E-state index contributed by atoms with van der Waals surface area (Å²) < 4.78 is 0. The van der Waals surface area contributed by atoms with Gasteiger partial charge in [-0.1, -0.05) is 24.6 Å². The Hall–Kier alpha value is -1.26. The first-order valence-electron chi connectivity index (χ1n) is 7.51. The third-order valence-corrected chi connectivity index (χ3v) is 3.88. The molecule has 1 N–H and O–H groups in total. The summed E-state index contributed by atoms with van der Waals surface area (Å²) >= 11 is 6.30. The van der Waals surface area contributed by atoms with Crippen LogP contribution in [0.3, 0.4) is 0 Å². The molecule has 4 nitrogen and oxygen atoms in total. The van der Waals surface area contributed by atoms with E-state index in [1.54, 1.807) is 0 Å². The molecular weight excluding hydrogens is 286 g/mol. The Kier molecular flexibility index (Phi) is 7.54. The number of nitrogens with zero attached hydrogens (tertiary/aromatic N) is 2. The average Bonchev–Trinajstić information content (AvgIpc) is 2.47. The van der Waals surface area contributed by atoms with Crippen LogP contribution in [-0.2, 0) is 11.3 Å². The average molecular weight is 312 g/mol. The van der Waals surface area contributed by atoms with E-state index in [0.717, 1.165) is 42.5 Å². The number of amides is 1. The van der Waals surface area contributed by atoms with Crippen molar-refractivity contribution in [3.63, 3.8) is 0 Å². The van der Waals surface area contributed by atoms with Gasteiger partial charge in [-0.05, 0) is 38.1 Å². The summed E-state index contributed by atoms with van der Waals surface area (Å²) in [5.41, 5.74) is 2.03. The second-order valence-corrected chi connectivity index (χ2v) is 5.39. The largest absolute Gasteiger partial charge is 0.365 e. The van der Waals surface area contributed by atoms with Crippen molar-refractivity contribution in [3.05, 3.63) is 28.8 Å². The molecule has 0 aliphatic heterocycles. The van der Waals surface area contributed by atoms with Gasteiger partial charge in [0.1, 0.15) is 0 Å². The van der Waals surface area contributed by atoms with Gasteiger partial charge in [0.05, 0.1) is 6.54 Å². The third kappa shape index (κ3) is 5.21. The number of hydrogen-bond donors (Lipinski definition) is 1. The minimum atomic E-state index is 0.135. The Morgan fingerprint density at radius 2 is 1.90 bits per heavy atom. The Morgan fingerprint density at radius 1 is 1.24 bits per heavy atom. The zero-order chi connectivity index (χ0) is 15.8. The molecule has 21 heavy (non-hydrogen) atoms. The molecule has 0 atom stereocenters. The monoisotopic (exact) mass is 311 g/mol. The number of carbonyl (C=O) groups excluding carboxylic acids is 1. The zero-order valence-corrected chi connectivity index (χ0v) is 14.2. The van der Waals surface area contributed by atoms with Crippen LogP contribution in [0.25, 0.3) is 0 Å². The first kappa shape index (κ1) is 17.8. The molecule has 0 aliphatic rings. The summed E-state index contributed by atoms with van der Waals surface area (Å²) in [7, 11) is 1.91. The molecule has 0 heterocycles. The lowest BCUT2D eigenvalue weighted by atomic mass is 10.2. The van der Waals surface area contributed by atoms with Gasteiger partial charge in [0, 0.05) is 37.4 Å². The molecule has 1 amide bonds. The summed E-state index contributed by atoms with van der Waals surface area (Å²) in [6, 6.07) is 5.94. The maximum absolute atomic E-state index is 12.1. The lowest BCUT2D eigenvalue weighted by molar-refractivity contribution is -0.129. The molecule has 118 valence electrons. The second-order valence-electron chi connectivity index (χ2n) is 4.98. The minimum Gasteiger partial charge on any atom is -0.365 e. The number of rotatable bonds is 8. The van der Waals surface area contributed by atoms with Crippen molar-refractivity contribution in [1.82, 2.24) is 10.2 Å². The summed E-state index contributed by atoms with van der Waals surface area (Å²) in [5, 5.41) is 3.99. The normalized spacial score (nSPS) is 10.5. The molecular formula is C16H26ClN3O. The van der Waals surface area contributed by atoms with Gasteiger partial charge in [0.2, 0.25) is 5.91 Å². The van der Waals surface area contributed by atoms with Gasteiger partial charge in [0.15, 0.2) is 0 Å². The van der Waals surface area contributed by atoms with Crippen molar-refractivity contribution in [3.8, 4) is 0 Å². The van der Waals surface area contributed by atoms with Gasteiger partial charge < -0.3 is 15.1 Å². The van der Waals surface area contributed by atoms with E-state index < -0.39 is 0 Å². The number of nitrogens with one attached hydrogen (secondary N) is 1. The van der Waals surface area contributed by atoms with Gasteiger partial charge >= 0.3 is 0 Å². The van der Waals surface area contributed by atoms with Crippen LogP contribution >= 0.6 is 11.6 Å². The molecule has 0 radical (unpaired) electrons. The van der Waals surface area contributed by atoms with Crippen LogP contribution in [0.5, 0.6) is 0 Å². The summed E-state index contributed by atoms with van der Waals surface area (Å²) in [4.78, 5) is 15.9. The highest BCUT2D eigenvalue weighted by atomic mass is 35.5. The van der Waals surface area contributed by atoms with Gasteiger partial charge in [-0.2, -0.15) is 0 Å². The fraction of sp³-hybridized carbons (Fsp3) is 0.562. The third-order valence-electron chi connectivity index (χ3n) is 3.53. The second kappa shape index (κ2) is 8.90. The van der Waals surface area contributed by atoms with E-state index in [-0.39, 0.29) is 5.91 Å². The van der Waals surface area contributed by atoms with E-state index in [0.29, 0.717) is 6.54 Å². The fourth-order valence-electron chi connectivity index (χ4n) is 2.15. The van der Waals surface area contributed by atoms with Gasteiger partial charge in [-0.3, -0.25) is 4.79 Å². The van der Waals surface area contributed by atoms with Crippen LogP contribution in [-0.4, -0.2) is 44.0 Å². The molecule has 1 aromatic carbocycles. The Balaban J connectivity index is 2.72. The van der Waals surface area contributed by atoms with Crippen molar-refractivity contribution in [1.29, 1.82) is 0 Å². The van der Waals surface area contributed by atoms with E-state index in [2.05, 4.69) is 12.2 Å². The lowest BCUT2D eigenvalue weighted by Crippen LogP contribution is -2.38. The molecule has 0 fully saturated rings. The standard InChI is InChI=1S/C16H26ClN3O/c1-5-18-11-13-8-9-14(10-15(13)17)19(4)12-16(21)20(6-2)7-3/h8-10,18H,5-7,11-12H2,1-4H3. The molecule has 0 saturated heterocycles. The van der Waals surface area contributed by atoms with Crippen LogP contribution in [0.1, 0.15) is 26.3 Å². The number of carbonyl (C=O) groups is 1. The van der Waals surface area contributed by atoms with Gasteiger partial charge in [-0.25, -0.2) is 0 Å². The summed E-state index contributed by atoms with van der Waals surface area (Å²) in [5.74, 6) is 0.135. The summed E-state index contributed by atoms with van der Waals surface area (Å²) in [6.07, 6.45) is 0. The first-order valence-corrected chi connectivity index (χ1v) is 7.89. The van der Waals surface area contributed by atoms with Crippen molar-refractivity contribution in [2.75, 3.05) is 38.1 Å². The van der Waals surface area contributed by atoms with Crippen molar-refractivity contribution < 1.29 is 4.79 Å². The number of benzene rings is 1. The first-order chi connectivity index (χ1) is 10.0. The van der Waals surface area contributed by atoms with E-state index in [1.807, 2.05) is 48.9 Å². The number of anilines is 1. The van der Waals surface area contributed by atoms with E-state index >= 15 is 0 Å². The van der Waals surface area contributed by atoms with E-state index in [9.17, 15) is 4.79 Å². The van der Waals surface area contributed by atoms with Crippen LogP contribution < -0.4 is 10.2 Å². The molecule has 0 saturated carbocycles. The molecule has 1 aromatic rings. The molecule has 1 rings (SSSR count). The zero-order valence-electron chi connectivity index (χ0n) is 13.4. The smallest absolute Gasteiger partial charge is 0.242 e. The predicted molar refractivity (Wildman–Crippen MR) is 90.0 cm³/mol. The minimum absolute atomic E-state index is 0.135. The number of likely N-dealkylation sites (N-methyl/N-ethyl adjacent to an activating group) is 2. The van der Waals surface area contributed by atoms with Crippen molar-refractivity contribution >= 4 is 23.2 Å². The SMILES string of the molecule is CCNCc1ccc(N(C)CC(=O)N(CC)CC)cc1Cl. The summed E-state index contributed by atoms with van der Waals surface area (Å²) in [6.45, 7) is 9.58. The molecule has 0 aliphatic carbocycles. The van der Waals surface area contributed by atoms with Crippen molar-refractivity contribution in [2.24, 2.45) is 0 Å². The molecule has 0 spiro atoms. The Bertz CT molecular complexity index is 461. The van der Waals surface area contributed by atoms with Gasteiger partial charge in [0.25, 0.3) is 0 Å². The number of halogens is 1. The molecule has 0 unspecified atom stereocenters. The van der Waals surface area contributed by atoms with E-state index in [4.69, 9.17) is 11.6 Å². The van der Waals surface area contributed by atoms with E-state index in [1.165, 1.54) is 0 Å². The highest BCUT2D eigenvalue weighted by Gasteiger charge is 2.13. The highest BCUT2D eigenvalue weighted by Crippen LogP contribution is 2.23. The van der Waals surface area contributed by atoms with Crippen LogP contribution in [0.2, 0.25) is 5.02 Å². The lowest BCUT2D eigenvalue weighted by Gasteiger charge is -2.24. The molecule has 5 heteroatoms. The number of hydrogen-bond acceptors (Lipinski definition) is 3. The van der Waals surface area contributed by atoms with Crippen LogP contribution in [0.15, 0.2) is 18.2 Å². The molecule has 0 aromatic heterocycles. The maximum atomic E-state index is 12.1. The van der Waals surface area contributed by atoms with Gasteiger partial charge in [-0.15, -0.1) is 0 Å². The predicted octanol–water partition coefficient (Wildman–Crippen LogP) is 2.75. The molecule has 0 bridgehead atoms. The Labute approximate surface area is 133 Å². The van der Waals surface area contributed by atoms with Crippen LogP contribution in [0, 0.1) is 0 Å². The fourth-order valence-corrected chi connectivity index (χ4v) is 2.39. The van der Waals surface area contributed by atoms with Crippen molar-refractivity contribution in [2.45, 2.75) is 27.3 Å². The maximum Gasteiger partial charge on any atom is 0.242 e. The quantitative estimate of drug-likeness (QED) is 0.802. The topological polar surface area (TPSA) is 35.6 Å². The Morgan fingerprint density at radius 3 is 2.43 bits per heavy atom. The van der Waals surface area contributed by atoms with Crippen LogP contribution in [0.4, 0.5) is 5.69 Å². The highest BCUT2D eigenvalue weighted by molar-refractivity contribution is 6.31.